The third-order valence-electron chi connectivity index (χ3n) is 0.314. The van der Waals surface area contributed by atoms with Gasteiger partial charge in [-0.15, -0.1) is 0 Å². The van der Waals surface area contributed by atoms with Gasteiger partial charge in [-0.25, -0.2) is 15.2 Å². The van der Waals surface area contributed by atoms with Crippen molar-refractivity contribution in [3.05, 3.63) is 0 Å². The molecule has 0 rings (SSSR count). The van der Waals surface area contributed by atoms with E-state index in [1.54, 1.807) is 0 Å². The highest BCUT2D eigenvalue weighted by atomic mass is 31.1. The summed E-state index contributed by atoms with van der Waals surface area (Å²) in [4.78, 5) is 9.75. The molecule has 0 aromatic carbocycles. The molecule has 0 atom stereocenters. The van der Waals surface area contributed by atoms with Gasteiger partial charge < -0.3 is 5.73 Å². The Morgan fingerprint density at radius 1 is 1.71 bits per heavy atom. The summed E-state index contributed by atoms with van der Waals surface area (Å²) >= 11 is 0. The Balaban J connectivity index is 3.55. The molecule has 0 fully saturated rings. The minimum absolute atomic E-state index is 0.347. The van der Waals surface area contributed by atoms with Crippen LogP contribution in [0.3, 0.4) is 0 Å². The second kappa shape index (κ2) is 2.49. The fourth-order valence-corrected chi connectivity index (χ4v) is 0.121. The molecule has 0 aliphatic carbocycles. The molecule has 0 radical (unpaired) electrons. The van der Waals surface area contributed by atoms with E-state index in [0.717, 1.165) is 0 Å². The number of hydrogen-bond acceptors (Lipinski definition) is 3. The summed E-state index contributed by atoms with van der Waals surface area (Å²) < 4.78 is 9.89. The quantitative estimate of drug-likeness (QED) is 0.211. The lowest BCUT2D eigenvalue weighted by Crippen LogP contribution is -2.33. The highest BCUT2D eigenvalue weighted by molar-refractivity contribution is 7.21. The molecule has 6 heteroatoms. The molecule has 0 saturated carbocycles. The van der Waals surface area contributed by atoms with Crippen LogP contribution in [0.4, 0.5) is 4.79 Å². The Morgan fingerprint density at radius 3 is 2.14 bits per heavy atom. The number of nitrogens with two attached hydrogens (primary N) is 2. The van der Waals surface area contributed by atoms with Crippen molar-refractivity contribution in [1.82, 2.24) is 4.78 Å². The number of carbonyl (C=O) groups excluding carboxylic acids is 1. The molecule has 0 aliphatic rings. The minimum Gasteiger partial charge on any atom is -0.350 e. The molecule has 0 spiro atoms. The lowest BCUT2D eigenvalue weighted by molar-refractivity contribution is 0.234. The monoisotopic (exact) mass is 121 g/mol. The molecule has 40 valence electrons. The van der Waals surface area contributed by atoms with Crippen molar-refractivity contribution >= 4 is 14.6 Å². The minimum atomic E-state index is -0.920. The molecule has 0 heterocycles. The van der Waals surface area contributed by atoms with Gasteiger partial charge in [0.1, 0.15) is 0 Å². The van der Waals surface area contributed by atoms with E-state index in [9.17, 15) is 9.36 Å². The van der Waals surface area contributed by atoms with E-state index in [2.05, 4.69) is 11.6 Å². The second-order valence-electron chi connectivity index (χ2n) is 0.764. The first kappa shape index (κ1) is 6.33. The fraction of sp³-hybridized carbons (Fsp3) is 0. The number of amides is 2. The van der Waals surface area contributed by atoms with Crippen LogP contribution in [0.1, 0.15) is 0 Å². The van der Waals surface area contributed by atoms with Crippen LogP contribution < -0.4 is 11.6 Å². The predicted octanol–water partition coefficient (Wildman–Crippen LogP) is -0.553. The number of primary amides is 1. The first-order chi connectivity index (χ1) is 3.18. The van der Waals surface area contributed by atoms with Crippen LogP contribution in [0.5, 0.6) is 0 Å². The molecule has 7 heavy (non-hydrogen) atoms. The lowest BCUT2D eigenvalue weighted by Gasteiger charge is -1.97. The van der Waals surface area contributed by atoms with Crippen LogP contribution >= 0.6 is 8.61 Å². The normalized spacial score (nSPS) is 8.71. The Kier molecular flexibility index (Phi) is 2.26. The van der Waals surface area contributed by atoms with E-state index in [1.807, 2.05) is 0 Å². The Labute approximate surface area is 41.5 Å². The average Bonchev–Trinajstić information content (AvgIpc) is 1.65. The van der Waals surface area contributed by atoms with Crippen molar-refractivity contribution < 1.29 is 9.36 Å². The van der Waals surface area contributed by atoms with Gasteiger partial charge in [0.15, 0.2) is 0 Å². The number of urea groups is 1. The third kappa shape index (κ3) is 2.08. The molecule has 0 aliphatic heterocycles. The van der Waals surface area contributed by atoms with Crippen molar-refractivity contribution in [2.45, 2.75) is 0 Å². The Morgan fingerprint density at radius 2 is 2.14 bits per heavy atom. The van der Waals surface area contributed by atoms with Crippen molar-refractivity contribution in [2.75, 3.05) is 0 Å². The van der Waals surface area contributed by atoms with E-state index in [-0.39, 0.29) is 0 Å². The van der Waals surface area contributed by atoms with Crippen LogP contribution in [0.2, 0.25) is 0 Å². The molecule has 0 aromatic heterocycles. The maximum Gasteiger partial charge on any atom is 0.339 e. The molecule has 2 amide bonds. The van der Waals surface area contributed by atoms with Gasteiger partial charge in [0.05, 0.1) is 0 Å². The summed E-state index contributed by atoms with van der Waals surface area (Å²) in [5.74, 6) is 4.65. The second-order valence-corrected chi connectivity index (χ2v) is 1.36. The van der Waals surface area contributed by atoms with E-state index >= 15 is 0 Å². The van der Waals surface area contributed by atoms with Crippen LogP contribution in [0, 0.1) is 0 Å². The maximum absolute atomic E-state index is 9.75. The highest BCUT2D eigenvalue weighted by Gasteiger charge is 1.98. The van der Waals surface area contributed by atoms with Crippen molar-refractivity contribution in [3.63, 3.8) is 0 Å². The molecule has 0 unspecified atom stereocenters. The summed E-state index contributed by atoms with van der Waals surface area (Å²) in [5, 5.41) is 0. The van der Waals surface area contributed by atoms with Gasteiger partial charge in [0.25, 0.3) is 0 Å². The topological polar surface area (TPSA) is 89.4 Å². The lowest BCUT2D eigenvalue weighted by atomic mass is 11.2. The molecular weight excluding hydrogens is 117 g/mol. The van der Waals surface area contributed by atoms with Crippen LogP contribution in [0.25, 0.3) is 0 Å². The zero-order chi connectivity index (χ0) is 5.86. The first-order valence-electron chi connectivity index (χ1n) is 1.36. The molecule has 4 N–H and O–H groups in total. The van der Waals surface area contributed by atoms with Crippen LogP contribution in [0.15, 0.2) is 0 Å². The van der Waals surface area contributed by atoms with E-state index in [1.165, 1.54) is 0 Å². The van der Waals surface area contributed by atoms with E-state index in [0.29, 0.717) is 4.78 Å². The summed E-state index contributed by atoms with van der Waals surface area (Å²) in [7, 11) is -0.591. The van der Waals surface area contributed by atoms with Gasteiger partial charge in [-0.3, -0.25) is 0 Å². The highest BCUT2D eigenvalue weighted by Crippen LogP contribution is 1.92. The Hall–Kier alpha value is -0.670. The van der Waals surface area contributed by atoms with E-state index in [4.69, 9.17) is 0 Å². The maximum atomic E-state index is 9.75. The number of hydrogen-bond donors (Lipinski definition) is 2. The average molecular weight is 121 g/mol. The molecule has 0 bridgehead atoms. The number of carbonyl (C=O) groups is 1. The third-order valence-corrected chi connectivity index (χ3v) is 0.687. The van der Waals surface area contributed by atoms with E-state index < -0.39 is 14.6 Å². The molecule has 0 aromatic rings. The summed E-state index contributed by atoms with van der Waals surface area (Å²) in [6.07, 6.45) is 0. The smallest absolute Gasteiger partial charge is 0.339 e. The van der Waals surface area contributed by atoms with Gasteiger partial charge in [0.2, 0.25) is 0 Å². The zero-order valence-corrected chi connectivity index (χ0v) is 4.26. The van der Waals surface area contributed by atoms with Crippen LogP contribution in [-0.4, -0.2) is 10.8 Å². The molecular formula is CH4N3O2P. The summed E-state index contributed by atoms with van der Waals surface area (Å²) in [6, 6.07) is -0.920. The van der Waals surface area contributed by atoms with Gasteiger partial charge in [-0.2, -0.15) is 4.78 Å². The van der Waals surface area contributed by atoms with Crippen molar-refractivity contribution in [2.24, 2.45) is 11.6 Å². The SMILES string of the molecule is NC(=O)N(N)P=O. The van der Waals surface area contributed by atoms with Crippen molar-refractivity contribution in [3.8, 4) is 0 Å². The predicted molar refractivity (Wildman–Crippen MR) is 23.2 cm³/mol. The fourth-order valence-electron chi connectivity index (χ4n) is 0.0402. The van der Waals surface area contributed by atoms with Gasteiger partial charge in [-0.05, 0) is 0 Å². The molecule has 5 nitrogen and oxygen atoms in total. The number of nitrogens with zero attached hydrogens (tertiary/aromatic N) is 1. The van der Waals surface area contributed by atoms with Crippen molar-refractivity contribution in [1.29, 1.82) is 0 Å². The van der Waals surface area contributed by atoms with Gasteiger partial charge >= 0.3 is 14.6 Å². The molecule has 0 saturated heterocycles. The largest absolute Gasteiger partial charge is 0.350 e. The standard InChI is InChI=1S/CH4N3O2P/c2-1(5)4(3)7-6/h3H2,(H2,2,5). The van der Waals surface area contributed by atoms with Gasteiger partial charge in [0, 0.05) is 0 Å². The number of hydrazine groups is 1. The Bertz CT molecular complexity index is 92.9. The zero-order valence-electron chi connectivity index (χ0n) is 3.37. The first-order valence-corrected chi connectivity index (χ1v) is 2.12. The van der Waals surface area contributed by atoms with Crippen LogP contribution in [-0.2, 0) is 4.57 Å². The summed E-state index contributed by atoms with van der Waals surface area (Å²) in [6.45, 7) is 0. The number of rotatable bonds is 1. The summed E-state index contributed by atoms with van der Waals surface area (Å²) in [5.41, 5.74) is 4.50. The van der Waals surface area contributed by atoms with Gasteiger partial charge in [-0.1, -0.05) is 0 Å².